The maximum absolute atomic E-state index is 11.9. The highest BCUT2D eigenvalue weighted by Crippen LogP contribution is 2.23. The number of nitrogens with two attached hydrogens (primary N) is 1. The first-order chi connectivity index (χ1) is 9.51. The smallest absolute Gasteiger partial charge is 0.255 e. The molecular formula is C14H21N3O3. The van der Waals surface area contributed by atoms with Crippen LogP contribution in [0.1, 0.15) is 30.6 Å². The molecule has 0 saturated heterocycles. The Morgan fingerprint density at radius 1 is 1.30 bits per heavy atom. The van der Waals surface area contributed by atoms with Crippen LogP contribution in [-0.2, 0) is 4.79 Å². The molecule has 0 aliphatic rings. The Balaban J connectivity index is 2.52. The van der Waals surface area contributed by atoms with Gasteiger partial charge in [-0.05, 0) is 26.0 Å². The molecule has 0 unspecified atom stereocenters. The molecule has 2 amide bonds. The molecule has 1 rings (SSSR count). The van der Waals surface area contributed by atoms with Crippen molar-refractivity contribution in [2.75, 3.05) is 25.4 Å². The van der Waals surface area contributed by atoms with Crippen LogP contribution >= 0.6 is 0 Å². The maximum Gasteiger partial charge on any atom is 0.255 e. The third-order valence-corrected chi connectivity index (χ3v) is 3.05. The molecule has 6 nitrogen and oxygen atoms in total. The first kappa shape index (κ1) is 15.8. The molecule has 0 bridgehead atoms. The Labute approximate surface area is 118 Å². The summed E-state index contributed by atoms with van der Waals surface area (Å²) in [6.07, 6.45) is 0.233. The Hall–Kier alpha value is -2.24. The first-order valence-electron chi connectivity index (χ1n) is 6.64. The fraction of sp³-hybridized carbons (Fsp3) is 0.429. The number of carbonyl (C=O) groups excluding carboxylic acids is 2. The van der Waals surface area contributed by atoms with Gasteiger partial charge in [-0.3, -0.25) is 9.59 Å². The Kier molecular flexibility index (Phi) is 5.83. The van der Waals surface area contributed by atoms with Crippen molar-refractivity contribution >= 4 is 17.5 Å². The predicted octanol–water partition coefficient (Wildman–Crippen LogP) is 0.963. The van der Waals surface area contributed by atoms with E-state index in [0.717, 1.165) is 0 Å². The van der Waals surface area contributed by atoms with Gasteiger partial charge < -0.3 is 21.1 Å². The number of nitrogen functional groups attached to an aromatic ring is 1. The lowest BCUT2D eigenvalue weighted by molar-refractivity contribution is -0.130. The van der Waals surface area contributed by atoms with E-state index >= 15 is 0 Å². The number of anilines is 1. The van der Waals surface area contributed by atoms with Crippen LogP contribution in [0.15, 0.2) is 18.2 Å². The zero-order valence-corrected chi connectivity index (χ0v) is 11.8. The van der Waals surface area contributed by atoms with E-state index < -0.39 is 5.91 Å². The number of benzene rings is 1. The molecule has 0 fully saturated rings. The van der Waals surface area contributed by atoms with Crippen LogP contribution in [0.5, 0.6) is 5.75 Å². The Morgan fingerprint density at radius 2 is 1.95 bits per heavy atom. The van der Waals surface area contributed by atoms with Crippen molar-refractivity contribution in [3.05, 3.63) is 23.8 Å². The SMILES string of the molecule is CCN(CC)C(=O)CCNC(=O)c1cccc(N)c1O. The number of amides is 2. The van der Waals surface area contributed by atoms with Crippen molar-refractivity contribution in [2.45, 2.75) is 20.3 Å². The van der Waals surface area contributed by atoms with Crippen LogP contribution in [0.3, 0.4) is 0 Å². The van der Waals surface area contributed by atoms with Crippen molar-refractivity contribution in [2.24, 2.45) is 0 Å². The monoisotopic (exact) mass is 279 g/mol. The quantitative estimate of drug-likeness (QED) is 0.534. The number of phenolic OH excluding ortho intramolecular Hbond substituents is 1. The van der Waals surface area contributed by atoms with Crippen LogP contribution in [0, 0.1) is 0 Å². The normalized spacial score (nSPS) is 10.1. The van der Waals surface area contributed by atoms with Gasteiger partial charge in [-0.25, -0.2) is 0 Å². The van der Waals surface area contributed by atoms with Crippen molar-refractivity contribution < 1.29 is 14.7 Å². The second kappa shape index (κ2) is 7.37. The van der Waals surface area contributed by atoms with E-state index in [9.17, 15) is 14.7 Å². The van der Waals surface area contributed by atoms with Crippen LogP contribution in [0.25, 0.3) is 0 Å². The van der Waals surface area contributed by atoms with E-state index in [1.54, 1.807) is 11.0 Å². The first-order valence-corrected chi connectivity index (χ1v) is 6.64. The molecule has 0 aliphatic heterocycles. The fourth-order valence-corrected chi connectivity index (χ4v) is 1.86. The minimum absolute atomic E-state index is 0.00732. The summed E-state index contributed by atoms with van der Waals surface area (Å²) in [5.41, 5.74) is 5.78. The molecule has 0 radical (unpaired) electrons. The fourth-order valence-electron chi connectivity index (χ4n) is 1.86. The summed E-state index contributed by atoms with van der Waals surface area (Å²) in [7, 11) is 0. The van der Waals surface area contributed by atoms with Gasteiger partial charge in [0.15, 0.2) is 5.75 Å². The predicted molar refractivity (Wildman–Crippen MR) is 77.4 cm³/mol. The van der Waals surface area contributed by atoms with Crippen LogP contribution in [0.2, 0.25) is 0 Å². The van der Waals surface area contributed by atoms with Crippen LogP contribution in [0.4, 0.5) is 5.69 Å². The molecule has 0 heterocycles. The van der Waals surface area contributed by atoms with Crippen molar-refractivity contribution in [3.63, 3.8) is 0 Å². The van der Waals surface area contributed by atoms with Gasteiger partial charge in [-0.2, -0.15) is 0 Å². The summed E-state index contributed by atoms with van der Waals surface area (Å²) in [6, 6.07) is 4.58. The number of rotatable bonds is 6. The molecule has 0 saturated carbocycles. The molecule has 1 aromatic rings. The van der Waals surface area contributed by atoms with E-state index in [4.69, 9.17) is 5.73 Å². The van der Waals surface area contributed by atoms with Gasteiger partial charge in [0.25, 0.3) is 5.91 Å². The lowest BCUT2D eigenvalue weighted by Crippen LogP contribution is -2.34. The third-order valence-electron chi connectivity index (χ3n) is 3.05. The van der Waals surface area contributed by atoms with E-state index in [1.165, 1.54) is 12.1 Å². The number of phenols is 1. The van der Waals surface area contributed by atoms with E-state index in [-0.39, 0.29) is 35.9 Å². The van der Waals surface area contributed by atoms with Crippen LogP contribution < -0.4 is 11.1 Å². The lowest BCUT2D eigenvalue weighted by Gasteiger charge is -2.18. The molecule has 0 aliphatic carbocycles. The van der Waals surface area contributed by atoms with Crippen molar-refractivity contribution in [1.29, 1.82) is 0 Å². The number of hydrogen-bond donors (Lipinski definition) is 3. The molecule has 0 spiro atoms. The maximum atomic E-state index is 11.9. The summed E-state index contributed by atoms with van der Waals surface area (Å²) in [5.74, 6) is -0.686. The molecule has 1 aromatic carbocycles. The number of nitrogens with zero attached hydrogens (tertiary/aromatic N) is 1. The highest BCUT2D eigenvalue weighted by atomic mass is 16.3. The second-order valence-corrected chi connectivity index (χ2v) is 4.32. The summed E-state index contributed by atoms with van der Waals surface area (Å²) in [5, 5.41) is 12.3. The summed E-state index contributed by atoms with van der Waals surface area (Å²) >= 11 is 0. The summed E-state index contributed by atoms with van der Waals surface area (Å²) < 4.78 is 0. The molecule has 4 N–H and O–H groups in total. The number of hydrogen-bond acceptors (Lipinski definition) is 4. The van der Waals surface area contributed by atoms with Crippen molar-refractivity contribution in [1.82, 2.24) is 10.2 Å². The molecule has 20 heavy (non-hydrogen) atoms. The third kappa shape index (κ3) is 3.88. The van der Waals surface area contributed by atoms with E-state index in [2.05, 4.69) is 5.32 Å². The van der Waals surface area contributed by atoms with Crippen LogP contribution in [-0.4, -0.2) is 41.5 Å². The van der Waals surface area contributed by atoms with Gasteiger partial charge in [-0.15, -0.1) is 0 Å². The Bertz CT molecular complexity index is 485. The van der Waals surface area contributed by atoms with Crippen molar-refractivity contribution in [3.8, 4) is 5.75 Å². The Morgan fingerprint density at radius 3 is 2.55 bits per heavy atom. The minimum atomic E-state index is -0.442. The van der Waals surface area contributed by atoms with Gasteiger partial charge in [0, 0.05) is 26.1 Å². The van der Waals surface area contributed by atoms with E-state index in [0.29, 0.717) is 13.1 Å². The van der Waals surface area contributed by atoms with Gasteiger partial charge in [0.1, 0.15) is 0 Å². The van der Waals surface area contributed by atoms with Gasteiger partial charge in [-0.1, -0.05) is 6.07 Å². The van der Waals surface area contributed by atoms with Gasteiger partial charge >= 0.3 is 0 Å². The molecule has 110 valence electrons. The number of nitrogens with one attached hydrogen (secondary N) is 1. The molecular weight excluding hydrogens is 258 g/mol. The molecule has 0 aromatic heterocycles. The zero-order chi connectivity index (χ0) is 15.1. The number of para-hydroxylation sites is 1. The van der Waals surface area contributed by atoms with E-state index in [1.807, 2.05) is 13.8 Å². The highest BCUT2D eigenvalue weighted by Gasteiger charge is 2.14. The lowest BCUT2D eigenvalue weighted by atomic mass is 10.1. The molecule has 0 atom stereocenters. The highest BCUT2D eigenvalue weighted by molar-refractivity contribution is 5.98. The largest absolute Gasteiger partial charge is 0.505 e. The average molecular weight is 279 g/mol. The number of carbonyl (C=O) groups is 2. The summed E-state index contributed by atoms with van der Waals surface area (Å²) in [4.78, 5) is 25.3. The minimum Gasteiger partial charge on any atom is -0.505 e. The summed E-state index contributed by atoms with van der Waals surface area (Å²) in [6.45, 7) is 5.34. The standard InChI is InChI=1S/C14H21N3O3/c1-3-17(4-2)12(18)8-9-16-14(20)10-6-5-7-11(15)13(10)19/h5-7,19H,3-4,8-9,15H2,1-2H3,(H,16,20). The second-order valence-electron chi connectivity index (χ2n) is 4.32. The van der Waals surface area contributed by atoms with Gasteiger partial charge in [0.2, 0.25) is 5.91 Å². The molecule has 6 heteroatoms. The average Bonchev–Trinajstić information content (AvgIpc) is 2.43. The zero-order valence-electron chi connectivity index (χ0n) is 11.8. The van der Waals surface area contributed by atoms with Gasteiger partial charge in [0.05, 0.1) is 11.3 Å². The topological polar surface area (TPSA) is 95.7 Å². The number of aromatic hydroxyl groups is 1.